The maximum absolute atomic E-state index is 12.6. The number of fused-ring (bicyclic) bond motifs is 2. The Kier molecular flexibility index (Phi) is 6.43. The first-order valence-electron chi connectivity index (χ1n) is 10.2. The summed E-state index contributed by atoms with van der Waals surface area (Å²) in [5, 5.41) is 4.31. The molecule has 0 fully saturated rings. The van der Waals surface area contributed by atoms with Gasteiger partial charge in [-0.3, -0.25) is 9.59 Å². The number of hydrogen-bond donors (Lipinski definition) is 2. The van der Waals surface area contributed by atoms with Crippen molar-refractivity contribution in [2.24, 2.45) is 5.92 Å². The minimum atomic E-state index is -0.391. The molecule has 1 unspecified atom stereocenters. The van der Waals surface area contributed by atoms with Crippen LogP contribution in [-0.4, -0.2) is 34.2 Å². The number of hydrogen-bond acceptors (Lipinski definition) is 7. The van der Waals surface area contributed by atoms with Crippen molar-refractivity contribution < 1.29 is 14.3 Å². The molecule has 9 heteroatoms. The zero-order valence-electron chi connectivity index (χ0n) is 17.3. The Morgan fingerprint density at radius 2 is 2.16 bits per heavy atom. The highest BCUT2D eigenvalue weighted by Crippen LogP contribution is 2.40. The SMILES string of the molecule is CCOC(=O)c1c(NC(=O)CSc2nc3ccccc3c(=O)[nH]2)sc2c1CCC(C)C2. The number of aromatic amines is 1. The number of nitrogens with one attached hydrogen (secondary N) is 2. The van der Waals surface area contributed by atoms with Gasteiger partial charge in [-0.2, -0.15) is 0 Å². The van der Waals surface area contributed by atoms with Crippen LogP contribution in [-0.2, 0) is 22.4 Å². The number of esters is 1. The molecule has 162 valence electrons. The van der Waals surface area contributed by atoms with Gasteiger partial charge in [-0.1, -0.05) is 30.8 Å². The van der Waals surface area contributed by atoms with Crippen LogP contribution in [0.25, 0.3) is 10.9 Å². The largest absolute Gasteiger partial charge is 0.462 e. The lowest BCUT2D eigenvalue weighted by molar-refractivity contribution is -0.113. The van der Waals surface area contributed by atoms with E-state index in [9.17, 15) is 14.4 Å². The maximum Gasteiger partial charge on any atom is 0.341 e. The average molecular weight is 458 g/mol. The van der Waals surface area contributed by atoms with Crippen LogP contribution in [0.2, 0.25) is 0 Å². The molecule has 2 aromatic heterocycles. The van der Waals surface area contributed by atoms with Crippen molar-refractivity contribution in [1.29, 1.82) is 0 Å². The van der Waals surface area contributed by atoms with E-state index in [4.69, 9.17) is 4.74 Å². The number of benzene rings is 1. The van der Waals surface area contributed by atoms with Crippen LogP contribution in [0.4, 0.5) is 5.00 Å². The monoisotopic (exact) mass is 457 g/mol. The van der Waals surface area contributed by atoms with E-state index in [1.807, 2.05) is 6.07 Å². The number of amides is 1. The summed E-state index contributed by atoms with van der Waals surface area (Å²) in [4.78, 5) is 45.7. The van der Waals surface area contributed by atoms with E-state index >= 15 is 0 Å². The summed E-state index contributed by atoms with van der Waals surface area (Å²) in [6, 6.07) is 7.06. The molecule has 1 aliphatic carbocycles. The zero-order chi connectivity index (χ0) is 22.0. The predicted octanol–water partition coefficient (Wildman–Crippen LogP) is 4.02. The molecular formula is C22H23N3O4S2. The van der Waals surface area contributed by atoms with Gasteiger partial charge < -0.3 is 15.0 Å². The number of rotatable bonds is 6. The summed E-state index contributed by atoms with van der Waals surface area (Å²) in [6.45, 7) is 4.24. The van der Waals surface area contributed by atoms with Crippen LogP contribution in [0.1, 0.15) is 41.1 Å². The Morgan fingerprint density at radius 1 is 1.35 bits per heavy atom. The number of anilines is 1. The Morgan fingerprint density at radius 3 is 2.97 bits per heavy atom. The van der Waals surface area contributed by atoms with Gasteiger partial charge in [-0.25, -0.2) is 9.78 Å². The standard InChI is InChI=1S/C22H23N3O4S2/c1-3-29-21(28)18-14-9-8-12(2)10-16(14)31-20(18)24-17(26)11-30-22-23-15-7-5-4-6-13(15)19(27)25-22/h4-7,12H,3,8-11H2,1-2H3,(H,24,26)(H,23,25,27). The highest BCUT2D eigenvalue weighted by Gasteiger charge is 2.29. The molecule has 1 aromatic carbocycles. The summed E-state index contributed by atoms with van der Waals surface area (Å²) >= 11 is 2.61. The Hall–Kier alpha value is -2.65. The third kappa shape index (κ3) is 4.67. The first kappa shape index (κ1) is 21.6. The van der Waals surface area contributed by atoms with E-state index in [1.165, 1.54) is 11.3 Å². The first-order chi connectivity index (χ1) is 15.0. The van der Waals surface area contributed by atoms with Gasteiger partial charge in [0.15, 0.2) is 5.16 Å². The van der Waals surface area contributed by atoms with Crippen molar-refractivity contribution in [2.45, 2.75) is 38.3 Å². The van der Waals surface area contributed by atoms with Crippen molar-refractivity contribution in [3.63, 3.8) is 0 Å². The summed E-state index contributed by atoms with van der Waals surface area (Å²) in [6.07, 6.45) is 2.73. The van der Waals surface area contributed by atoms with E-state index in [-0.39, 0.29) is 23.8 Å². The summed E-state index contributed by atoms with van der Waals surface area (Å²) in [5.74, 6) is -0.0465. The molecule has 1 amide bonds. The second-order valence-electron chi connectivity index (χ2n) is 7.50. The number of aromatic nitrogens is 2. The van der Waals surface area contributed by atoms with Gasteiger partial charge in [0.25, 0.3) is 5.56 Å². The van der Waals surface area contributed by atoms with Gasteiger partial charge >= 0.3 is 5.97 Å². The number of para-hydroxylation sites is 1. The van der Waals surface area contributed by atoms with Crippen LogP contribution >= 0.6 is 23.1 Å². The molecule has 1 aliphatic rings. The fourth-order valence-electron chi connectivity index (χ4n) is 3.69. The van der Waals surface area contributed by atoms with Gasteiger partial charge in [0.1, 0.15) is 5.00 Å². The highest BCUT2D eigenvalue weighted by molar-refractivity contribution is 7.99. The summed E-state index contributed by atoms with van der Waals surface area (Å²) < 4.78 is 5.25. The quantitative estimate of drug-likeness (QED) is 0.329. The van der Waals surface area contributed by atoms with Gasteiger partial charge in [0.05, 0.1) is 28.8 Å². The molecule has 0 saturated heterocycles. The Balaban J connectivity index is 1.51. The number of carbonyl (C=O) groups is 2. The molecule has 0 spiro atoms. The van der Waals surface area contributed by atoms with E-state index < -0.39 is 5.97 Å². The molecule has 1 atom stereocenters. The fourth-order valence-corrected chi connectivity index (χ4v) is 5.77. The second kappa shape index (κ2) is 9.23. The zero-order valence-corrected chi connectivity index (χ0v) is 19.0. The average Bonchev–Trinajstić information content (AvgIpc) is 3.09. The molecule has 4 rings (SSSR count). The third-order valence-electron chi connectivity index (χ3n) is 5.18. The smallest absolute Gasteiger partial charge is 0.341 e. The van der Waals surface area contributed by atoms with Crippen LogP contribution < -0.4 is 10.9 Å². The van der Waals surface area contributed by atoms with Crippen LogP contribution in [0.3, 0.4) is 0 Å². The normalized spacial score (nSPS) is 15.5. The van der Waals surface area contributed by atoms with Crippen LogP contribution in [0.15, 0.2) is 34.2 Å². The second-order valence-corrected chi connectivity index (χ2v) is 9.57. The lowest BCUT2D eigenvalue weighted by Crippen LogP contribution is -2.18. The number of thioether (sulfide) groups is 1. The lowest BCUT2D eigenvalue weighted by Gasteiger charge is -2.18. The molecule has 7 nitrogen and oxygen atoms in total. The molecule has 0 aliphatic heterocycles. The van der Waals surface area contributed by atoms with E-state index in [0.717, 1.165) is 41.5 Å². The van der Waals surface area contributed by atoms with Crippen LogP contribution in [0, 0.1) is 5.92 Å². The summed E-state index contributed by atoms with van der Waals surface area (Å²) in [7, 11) is 0. The Labute approximate surface area is 187 Å². The summed E-state index contributed by atoms with van der Waals surface area (Å²) in [5.41, 5.74) is 1.84. The molecule has 0 radical (unpaired) electrons. The number of thiophene rings is 1. The molecule has 0 saturated carbocycles. The minimum absolute atomic E-state index is 0.0581. The van der Waals surface area contributed by atoms with Crippen molar-refractivity contribution >= 4 is 50.9 Å². The van der Waals surface area contributed by atoms with E-state index in [1.54, 1.807) is 25.1 Å². The minimum Gasteiger partial charge on any atom is -0.462 e. The molecule has 2 heterocycles. The fraction of sp³-hybridized carbons (Fsp3) is 0.364. The topological polar surface area (TPSA) is 101 Å². The molecule has 2 N–H and O–H groups in total. The number of H-pyrrole nitrogens is 1. The lowest BCUT2D eigenvalue weighted by atomic mass is 9.88. The predicted molar refractivity (Wildman–Crippen MR) is 123 cm³/mol. The first-order valence-corrected chi connectivity index (χ1v) is 12.0. The molecule has 31 heavy (non-hydrogen) atoms. The van der Waals surface area contributed by atoms with E-state index in [0.29, 0.717) is 32.5 Å². The van der Waals surface area contributed by atoms with E-state index in [2.05, 4.69) is 22.2 Å². The van der Waals surface area contributed by atoms with Gasteiger partial charge in [-0.05, 0) is 49.8 Å². The molecular weight excluding hydrogens is 434 g/mol. The van der Waals surface area contributed by atoms with Gasteiger partial charge in [-0.15, -0.1) is 11.3 Å². The highest BCUT2D eigenvalue weighted by atomic mass is 32.2. The van der Waals surface area contributed by atoms with Crippen molar-refractivity contribution in [1.82, 2.24) is 9.97 Å². The number of nitrogens with zero attached hydrogens (tertiary/aromatic N) is 1. The third-order valence-corrected chi connectivity index (χ3v) is 7.22. The van der Waals surface area contributed by atoms with Crippen molar-refractivity contribution in [2.75, 3.05) is 17.7 Å². The molecule has 0 bridgehead atoms. The van der Waals surface area contributed by atoms with Crippen molar-refractivity contribution in [3.05, 3.63) is 50.6 Å². The van der Waals surface area contributed by atoms with Gasteiger partial charge in [0.2, 0.25) is 5.91 Å². The Bertz CT molecular complexity index is 1200. The van der Waals surface area contributed by atoms with Crippen LogP contribution in [0.5, 0.6) is 0 Å². The molecule has 3 aromatic rings. The number of carbonyl (C=O) groups excluding carboxylic acids is 2. The number of ether oxygens (including phenoxy) is 1. The maximum atomic E-state index is 12.6. The van der Waals surface area contributed by atoms with Gasteiger partial charge in [0, 0.05) is 4.88 Å². The van der Waals surface area contributed by atoms with Crippen molar-refractivity contribution in [3.8, 4) is 0 Å².